The maximum Gasteiger partial charge on any atom is 0.417 e. The standard InChI is InChI=1S/C18H16F6N6O/c1-2-26-5-6-27-9-15-28-29-16(31-15)10-30(11-17(19,20)21)13-4-3-12(8-25)14(7-13)18(22,23)24/h3-7H,2,9-11H2,1H3. The minimum Gasteiger partial charge on any atom is -0.421 e. The molecule has 0 radical (unpaired) electrons. The monoisotopic (exact) mass is 446 g/mol. The van der Waals surface area contributed by atoms with E-state index in [-0.39, 0.29) is 18.3 Å². The number of alkyl halides is 6. The van der Waals surface area contributed by atoms with Gasteiger partial charge in [-0.25, -0.2) is 0 Å². The lowest BCUT2D eigenvalue weighted by atomic mass is 10.1. The maximum atomic E-state index is 13.2. The summed E-state index contributed by atoms with van der Waals surface area (Å²) < 4.78 is 83.9. The first-order valence-corrected chi connectivity index (χ1v) is 8.76. The Morgan fingerprint density at radius 2 is 1.77 bits per heavy atom. The highest BCUT2D eigenvalue weighted by Crippen LogP contribution is 2.35. The number of aromatic nitrogens is 2. The van der Waals surface area contributed by atoms with Crippen molar-refractivity contribution in [3.05, 3.63) is 41.1 Å². The number of anilines is 1. The average Bonchev–Trinajstić information content (AvgIpc) is 3.12. The van der Waals surface area contributed by atoms with Gasteiger partial charge in [0, 0.05) is 24.7 Å². The van der Waals surface area contributed by atoms with Crippen molar-refractivity contribution in [3.63, 3.8) is 0 Å². The summed E-state index contributed by atoms with van der Waals surface area (Å²) in [7, 11) is 0. The second-order valence-corrected chi connectivity index (χ2v) is 6.04. The highest BCUT2D eigenvalue weighted by atomic mass is 19.4. The van der Waals surface area contributed by atoms with Gasteiger partial charge in [0.05, 0.1) is 23.7 Å². The summed E-state index contributed by atoms with van der Waals surface area (Å²) in [4.78, 5) is 8.43. The molecule has 0 bridgehead atoms. The number of nitrogens with zero attached hydrogens (tertiary/aromatic N) is 6. The summed E-state index contributed by atoms with van der Waals surface area (Å²) in [6.07, 6.45) is -6.80. The Labute approximate surface area is 172 Å². The third-order valence-electron chi connectivity index (χ3n) is 3.69. The summed E-state index contributed by atoms with van der Waals surface area (Å²) in [6, 6.07) is 3.67. The van der Waals surface area contributed by atoms with E-state index >= 15 is 0 Å². The lowest BCUT2D eigenvalue weighted by Crippen LogP contribution is -2.34. The van der Waals surface area contributed by atoms with Crippen LogP contribution in [-0.4, -0.2) is 41.9 Å². The lowest BCUT2D eigenvalue weighted by molar-refractivity contribution is -0.137. The van der Waals surface area contributed by atoms with Gasteiger partial charge >= 0.3 is 12.4 Å². The fraction of sp³-hybridized carbons (Fsp3) is 0.389. The molecule has 0 N–H and O–H groups in total. The van der Waals surface area contributed by atoms with Gasteiger partial charge in [-0.05, 0) is 25.1 Å². The van der Waals surface area contributed by atoms with E-state index in [1.54, 1.807) is 0 Å². The first kappa shape index (κ1) is 23.8. The van der Waals surface area contributed by atoms with Crippen molar-refractivity contribution in [2.45, 2.75) is 32.4 Å². The molecule has 0 unspecified atom stereocenters. The van der Waals surface area contributed by atoms with E-state index in [9.17, 15) is 26.3 Å². The first-order chi connectivity index (χ1) is 14.5. The molecule has 0 saturated heterocycles. The number of rotatable bonds is 8. The van der Waals surface area contributed by atoms with E-state index in [2.05, 4.69) is 20.2 Å². The molecule has 0 spiro atoms. The highest BCUT2D eigenvalue weighted by molar-refractivity contribution is 6.15. The van der Waals surface area contributed by atoms with Crippen molar-refractivity contribution in [2.75, 3.05) is 18.0 Å². The van der Waals surface area contributed by atoms with Gasteiger partial charge in [-0.1, -0.05) is 0 Å². The molecule has 2 rings (SSSR count). The Balaban J connectivity index is 2.28. The summed E-state index contributed by atoms with van der Waals surface area (Å²) in [5, 5.41) is 16.1. The van der Waals surface area contributed by atoms with E-state index in [1.165, 1.54) is 18.5 Å². The minimum absolute atomic E-state index is 0.0129. The van der Waals surface area contributed by atoms with Gasteiger partial charge in [0.2, 0.25) is 11.8 Å². The molecule has 31 heavy (non-hydrogen) atoms. The number of hydrogen-bond donors (Lipinski definition) is 0. The van der Waals surface area contributed by atoms with Gasteiger partial charge in [-0.2, -0.15) is 31.6 Å². The van der Waals surface area contributed by atoms with Gasteiger partial charge in [0.15, 0.2) is 0 Å². The van der Waals surface area contributed by atoms with E-state index in [0.717, 1.165) is 12.1 Å². The molecule has 7 nitrogen and oxygen atoms in total. The number of nitriles is 1. The Kier molecular flexibility index (Phi) is 7.73. The van der Waals surface area contributed by atoms with Crippen LogP contribution in [0.3, 0.4) is 0 Å². The van der Waals surface area contributed by atoms with Crippen LogP contribution >= 0.6 is 0 Å². The molecular formula is C18H16F6N6O. The molecule has 0 aliphatic rings. The smallest absolute Gasteiger partial charge is 0.417 e. The van der Waals surface area contributed by atoms with E-state index in [4.69, 9.17) is 9.68 Å². The minimum atomic E-state index is -4.91. The zero-order valence-corrected chi connectivity index (χ0v) is 16.1. The largest absolute Gasteiger partial charge is 0.421 e. The molecule has 0 aliphatic heterocycles. The quantitative estimate of drug-likeness (QED) is 0.448. The van der Waals surface area contributed by atoms with Crippen LogP contribution in [-0.2, 0) is 19.3 Å². The molecule has 0 fully saturated rings. The third-order valence-corrected chi connectivity index (χ3v) is 3.69. The zero-order valence-electron chi connectivity index (χ0n) is 16.1. The SMILES string of the molecule is CCN=CC=NCc1nnc(CN(CC(F)(F)F)c2ccc(C#N)c(C(F)(F)F)c2)o1. The molecule has 0 atom stereocenters. The van der Waals surface area contributed by atoms with E-state index in [0.29, 0.717) is 17.5 Å². The van der Waals surface area contributed by atoms with E-state index in [1.807, 2.05) is 6.92 Å². The van der Waals surface area contributed by atoms with Gasteiger partial charge in [0.1, 0.15) is 13.1 Å². The Morgan fingerprint density at radius 1 is 1.10 bits per heavy atom. The van der Waals surface area contributed by atoms with Crippen LogP contribution in [0.25, 0.3) is 0 Å². The van der Waals surface area contributed by atoms with Crippen molar-refractivity contribution < 1.29 is 30.8 Å². The van der Waals surface area contributed by atoms with Gasteiger partial charge in [0.25, 0.3) is 0 Å². The van der Waals surface area contributed by atoms with Crippen LogP contribution in [0.4, 0.5) is 32.0 Å². The summed E-state index contributed by atoms with van der Waals surface area (Å²) >= 11 is 0. The van der Waals surface area contributed by atoms with Crippen molar-refractivity contribution in [3.8, 4) is 6.07 Å². The summed E-state index contributed by atoms with van der Waals surface area (Å²) in [5.74, 6) is -0.228. The van der Waals surface area contributed by atoms with Crippen LogP contribution in [0.1, 0.15) is 29.8 Å². The summed E-state index contributed by atoms with van der Waals surface area (Å²) in [6.45, 7) is 0.178. The normalized spacial score (nSPS) is 12.6. The number of halogens is 6. The molecule has 1 aromatic carbocycles. The van der Waals surface area contributed by atoms with Crippen LogP contribution in [0.5, 0.6) is 0 Å². The molecule has 2 aromatic rings. The van der Waals surface area contributed by atoms with Gasteiger partial charge < -0.3 is 9.32 Å². The van der Waals surface area contributed by atoms with Crippen LogP contribution in [0.15, 0.2) is 32.6 Å². The molecule has 0 amide bonds. The Bertz CT molecular complexity index is 973. The maximum absolute atomic E-state index is 13.2. The first-order valence-electron chi connectivity index (χ1n) is 8.76. The number of aliphatic imine (C=N–C) groups is 2. The van der Waals surface area contributed by atoms with E-state index < -0.39 is 42.3 Å². The van der Waals surface area contributed by atoms with Gasteiger partial charge in [-0.15, -0.1) is 10.2 Å². The second kappa shape index (κ2) is 10.1. The molecular weight excluding hydrogens is 430 g/mol. The molecule has 1 aromatic heterocycles. The zero-order chi connectivity index (χ0) is 23.1. The Hall–Kier alpha value is -3.43. The highest BCUT2D eigenvalue weighted by Gasteiger charge is 2.36. The third kappa shape index (κ3) is 7.40. The van der Waals surface area contributed by atoms with Crippen LogP contribution < -0.4 is 4.90 Å². The predicted molar refractivity (Wildman–Crippen MR) is 98.8 cm³/mol. The lowest BCUT2D eigenvalue weighted by Gasteiger charge is -2.25. The molecule has 0 aliphatic carbocycles. The number of benzene rings is 1. The van der Waals surface area contributed by atoms with Crippen LogP contribution in [0.2, 0.25) is 0 Å². The molecule has 0 saturated carbocycles. The predicted octanol–water partition coefficient (Wildman–Crippen LogP) is 4.19. The molecule has 1 heterocycles. The van der Waals surface area contributed by atoms with Crippen molar-refractivity contribution in [2.24, 2.45) is 9.98 Å². The van der Waals surface area contributed by atoms with Crippen molar-refractivity contribution in [1.82, 2.24) is 10.2 Å². The molecule has 13 heteroatoms. The fourth-order valence-electron chi connectivity index (χ4n) is 2.43. The Morgan fingerprint density at radius 3 is 2.39 bits per heavy atom. The average molecular weight is 446 g/mol. The summed E-state index contributed by atoms with van der Waals surface area (Å²) in [5.41, 5.74) is -2.45. The number of hydrogen-bond acceptors (Lipinski definition) is 7. The van der Waals surface area contributed by atoms with Crippen molar-refractivity contribution in [1.29, 1.82) is 5.26 Å². The topological polar surface area (TPSA) is 90.7 Å². The van der Waals surface area contributed by atoms with Crippen molar-refractivity contribution >= 4 is 18.1 Å². The fourth-order valence-corrected chi connectivity index (χ4v) is 2.43. The van der Waals surface area contributed by atoms with Crippen LogP contribution in [0, 0.1) is 11.3 Å². The van der Waals surface area contributed by atoms with Gasteiger partial charge in [-0.3, -0.25) is 9.98 Å². The second-order valence-electron chi connectivity index (χ2n) is 6.04. The molecule has 166 valence electrons.